The van der Waals surface area contributed by atoms with Crippen molar-refractivity contribution in [2.75, 3.05) is 17.9 Å². The van der Waals surface area contributed by atoms with Gasteiger partial charge in [-0.1, -0.05) is 6.92 Å². The van der Waals surface area contributed by atoms with E-state index in [9.17, 15) is 8.42 Å². The average Bonchev–Trinajstić information content (AvgIpc) is 2.36. The van der Waals surface area contributed by atoms with Crippen molar-refractivity contribution < 1.29 is 13.2 Å². The van der Waals surface area contributed by atoms with Crippen molar-refractivity contribution in [2.24, 2.45) is 5.73 Å². The predicted molar refractivity (Wildman–Crippen MR) is 73.3 cm³/mol. The smallest absolute Gasteiger partial charge is 0.236 e. The molecule has 1 atom stereocenters. The number of nitrogens with two attached hydrogens (primary N) is 1. The van der Waals surface area contributed by atoms with Crippen LogP contribution in [0.25, 0.3) is 0 Å². The van der Waals surface area contributed by atoms with Crippen molar-refractivity contribution in [3.8, 4) is 5.75 Å². The summed E-state index contributed by atoms with van der Waals surface area (Å²) >= 11 is 0. The molecule has 1 aromatic rings. The highest BCUT2D eigenvalue weighted by Gasteiger charge is 2.18. The first-order valence-corrected chi connectivity index (χ1v) is 7.48. The lowest BCUT2D eigenvalue weighted by Crippen LogP contribution is -2.31. The molecule has 5 nitrogen and oxygen atoms in total. The van der Waals surface area contributed by atoms with Gasteiger partial charge in [0.25, 0.3) is 0 Å². The van der Waals surface area contributed by atoms with Gasteiger partial charge in [0.05, 0.1) is 11.9 Å². The van der Waals surface area contributed by atoms with Crippen LogP contribution < -0.4 is 15.2 Å². The van der Waals surface area contributed by atoms with Crippen molar-refractivity contribution in [1.82, 2.24) is 0 Å². The van der Waals surface area contributed by atoms with E-state index < -0.39 is 15.3 Å². The Bertz CT molecular complexity index is 457. The third kappa shape index (κ3) is 4.19. The Morgan fingerprint density at radius 3 is 2.44 bits per heavy atom. The second-order valence-corrected chi connectivity index (χ2v) is 6.17. The third-order valence-electron chi connectivity index (χ3n) is 2.45. The van der Waals surface area contributed by atoms with E-state index in [0.717, 1.165) is 12.2 Å². The Labute approximate surface area is 108 Å². The van der Waals surface area contributed by atoms with Crippen LogP contribution in [0.4, 0.5) is 5.69 Å². The molecule has 6 heteroatoms. The molecule has 0 amide bonds. The monoisotopic (exact) mass is 272 g/mol. The normalized spacial score (nSPS) is 13.1. The van der Waals surface area contributed by atoms with E-state index >= 15 is 0 Å². The molecule has 1 aromatic carbocycles. The molecule has 0 radical (unpaired) electrons. The minimum atomic E-state index is -3.41. The minimum absolute atomic E-state index is 0.0903. The summed E-state index contributed by atoms with van der Waals surface area (Å²) in [4.78, 5) is 0. The number of benzene rings is 1. The number of anilines is 1. The van der Waals surface area contributed by atoms with Gasteiger partial charge in [0.2, 0.25) is 10.0 Å². The van der Waals surface area contributed by atoms with Crippen molar-refractivity contribution in [1.29, 1.82) is 0 Å². The second kappa shape index (κ2) is 6.61. The van der Waals surface area contributed by atoms with Gasteiger partial charge in [-0.15, -0.1) is 0 Å². The summed E-state index contributed by atoms with van der Waals surface area (Å²) < 4.78 is 31.4. The summed E-state index contributed by atoms with van der Waals surface area (Å²) in [6.07, 6.45) is 0.933. The van der Waals surface area contributed by atoms with E-state index in [1.54, 1.807) is 31.2 Å². The zero-order valence-corrected chi connectivity index (χ0v) is 11.5. The Morgan fingerprint density at radius 1 is 1.33 bits per heavy atom. The van der Waals surface area contributed by atoms with Gasteiger partial charge in [-0.05, 0) is 37.6 Å². The number of ether oxygens (including phenoxy) is 1. The first kappa shape index (κ1) is 14.8. The van der Waals surface area contributed by atoms with E-state index in [-0.39, 0.29) is 6.54 Å². The van der Waals surface area contributed by atoms with Crippen molar-refractivity contribution in [2.45, 2.75) is 25.5 Å². The summed E-state index contributed by atoms with van der Waals surface area (Å²) in [5, 5.41) is -0.617. The Kier molecular flexibility index (Phi) is 5.43. The molecule has 0 spiro atoms. The maximum atomic E-state index is 11.8. The lowest BCUT2D eigenvalue weighted by atomic mass is 10.3. The maximum Gasteiger partial charge on any atom is 0.236 e. The summed E-state index contributed by atoms with van der Waals surface area (Å²) in [5.74, 6) is 0.728. The number of hydrogen-bond acceptors (Lipinski definition) is 4. The van der Waals surface area contributed by atoms with E-state index in [4.69, 9.17) is 10.5 Å². The van der Waals surface area contributed by atoms with Gasteiger partial charge in [0, 0.05) is 12.2 Å². The molecule has 0 aliphatic heterocycles. The van der Waals surface area contributed by atoms with Gasteiger partial charge < -0.3 is 10.5 Å². The van der Waals surface area contributed by atoms with Crippen LogP contribution in [0.2, 0.25) is 0 Å². The Morgan fingerprint density at radius 2 is 1.94 bits per heavy atom. The summed E-state index contributed by atoms with van der Waals surface area (Å²) in [6.45, 7) is 4.33. The molecule has 18 heavy (non-hydrogen) atoms. The molecule has 0 aliphatic carbocycles. The van der Waals surface area contributed by atoms with Gasteiger partial charge >= 0.3 is 0 Å². The molecule has 3 N–H and O–H groups in total. The van der Waals surface area contributed by atoms with E-state index in [1.165, 1.54) is 0 Å². The molecule has 102 valence electrons. The van der Waals surface area contributed by atoms with Crippen LogP contribution in [0.15, 0.2) is 24.3 Å². The molecule has 1 unspecified atom stereocenters. The molecule has 0 fully saturated rings. The summed E-state index contributed by atoms with van der Waals surface area (Å²) in [7, 11) is -3.41. The molecule has 0 saturated heterocycles. The van der Waals surface area contributed by atoms with Crippen molar-refractivity contribution in [3.05, 3.63) is 24.3 Å². The van der Waals surface area contributed by atoms with Crippen LogP contribution in [-0.2, 0) is 10.0 Å². The van der Waals surface area contributed by atoms with Crippen LogP contribution in [0.5, 0.6) is 5.75 Å². The largest absolute Gasteiger partial charge is 0.494 e. The Balaban J connectivity index is 2.69. The number of rotatable bonds is 7. The number of hydrogen-bond donors (Lipinski definition) is 2. The molecule has 0 aromatic heterocycles. The van der Waals surface area contributed by atoms with Crippen LogP contribution in [-0.4, -0.2) is 26.8 Å². The van der Waals surface area contributed by atoms with Gasteiger partial charge in [0.15, 0.2) is 0 Å². The fourth-order valence-corrected chi connectivity index (χ4v) is 2.15. The van der Waals surface area contributed by atoms with Crippen LogP contribution >= 0.6 is 0 Å². The molecular weight excluding hydrogens is 252 g/mol. The fraction of sp³-hybridized carbons (Fsp3) is 0.500. The standard InChI is InChI=1S/C12H20N2O3S/c1-3-8-17-12-6-4-11(5-7-12)14-18(15,16)10(2)9-13/h4-7,10,14H,3,8-9,13H2,1-2H3. The summed E-state index contributed by atoms with van der Waals surface area (Å²) in [6, 6.07) is 6.82. The van der Waals surface area contributed by atoms with Crippen LogP contribution in [0.1, 0.15) is 20.3 Å². The SMILES string of the molecule is CCCOc1ccc(NS(=O)(=O)C(C)CN)cc1. The van der Waals surface area contributed by atoms with Crippen LogP contribution in [0.3, 0.4) is 0 Å². The zero-order chi connectivity index (χ0) is 13.6. The highest BCUT2D eigenvalue weighted by atomic mass is 32.2. The summed E-state index contributed by atoms with van der Waals surface area (Å²) in [5.41, 5.74) is 5.86. The topological polar surface area (TPSA) is 81.4 Å². The highest BCUT2D eigenvalue weighted by molar-refractivity contribution is 7.93. The molecular formula is C12H20N2O3S. The lowest BCUT2D eigenvalue weighted by Gasteiger charge is -2.13. The van der Waals surface area contributed by atoms with Gasteiger partial charge in [0.1, 0.15) is 5.75 Å². The van der Waals surface area contributed by atoms with Gasteiger partial charge in [-0.25, -0.2) is 8.42 Å². The zero-order valence-electron chi connectivity index (χ0n) is 10.7. The molecule has 1 rings (SSSR count). The van der Waals surface area contributed by atoms with Crippen molar-refractivity contribution >= 4 is 15.7 Å². The van der Waals surface area contributed by atoms with E-state index in [2.05, 4.69) is 4.72 Å². The minimum Gasteiger partial charge on any atom is -0.494 e. The van der Waals surface area contributed by atoms with Gasteiger partial charge in [-0.3, -0.25) is 4.72 Å². The molecule has 0 saturated carbocycles. The average molecular weight is 272 g/mol. The fourth-order valence-electron chi connectivity index (χ4n) is 1.23. The first-order chi connectivity index (χ1) is 8.49. The van der Waals surface area contributed by atoms with Crippen molar-refractivity contribution in [3.63, 3.8) is 0 Å². The quantitative estimate of drug-likeness (QED) is 0.789. The highest BCUT2D eigenvalue weighted by Crippen LogP contribution is 2.17. The Hall–Kier alpha value is -1.27. The molecule has 0 bridgehead atoms. The number of sulfonamides is 1. The predicted octanol–water partition coefficient (Wildman–Crippen LogP) is 1.56. The van der Waals surface area contributed by atoms with E-state index in [1.807, 2.05) is 6.92 Å². The first-order valence-electron chi connectivity index (χ1n) is 5.94. The number of nitrogens with one attached hydrogen (secondary N) is 1. The maximum absolute atomic E-state index is 11.8. The van der Waals surface area contributed by atoms with Gasteiger partial charge in [-0.2, -0.15) is 0 Å². The molecule has 0 heterocycles. The second-order valence-electron chi connectivity index (χ2n) is 4.07. The van der Waals surface area contributed by atoms with Crippen LogP contribution in [0, 0.1) is 0 Å². The van der Waals surface area contributed by atoms with E-state index in [0.29, 0.717) is 12.3 Å². The third-order valence-corrected chi connectivity index (χ3v) is 4.22. The lowest BCUT2D eigenvalue weighted by molar-refractivity contribution is 0.317. The molecule has 0 aliphatic rings.